The predicted molar refractivity (Wildman–Crippen MR) is 129 cm³/mol. The molecule has 2 aromatic carbocycles. The molecule has 33 heavy (non-hydrogen) atoms. The normalized spacial score (nSPS) is 12.8. The lowest BCUT2D eigenvalue weighted by Gasteiger charge is -2.25. The Bertz CT molecular complexity index is 1380. The predicted octanol–water partition coefficient (Wildman–Crippen LogP) is 5.27. The number of methoxy groups -OCH3 is 1. The zero-order chi connectivity index (χ0) is 22.9. The zero-order valence-corrected chi connectivity index (χ0v) is 19.3. The van der Waals surface area contributed by atoms with Crippen LogP contribution in [0.3, 0.4) is 0 Å². The summed E-state index contributed by atoms with van der Waals surface area (Å²) >= 11 is 3.05. The topological polar surface area (TPSA) is 95.3 Å². The molecule has 1 N–H and O–H groups in total. The molecule has 0 bridgehead atoms. The lowest BCUT2D eigenvalue weighted by atomic mass is 10.0. The Kier molecular flexibility index (Phi) is 5.54. The van der Waals surface area contributed by atoms with Crippen molar-refractivity contribution in [3.8, 4) is 16.6 Å². The number of amides is 2. The van der Waals surface area contributed by atoms with Gasteiger partial charge in [-0.05, 0) is 48.4 Å². The van der Waals surface area contributed by atoms with Crippen LogP contribution in [0, 0.1) is 11.3 Å². The third-order valence-electron chi connectivity index (χ3n) is 5.50. The Morgan fingerprint density at radius 2 is 1.94 bits per heavy atom. The number of nitriles is 1. The van der Waals surface area contributed by atoms with Gasteiger partial charge in [0.25, 0.3) is 5.91 Å². The summed E-state index contributed by atoms with van der Waals surface area (Å²) in [5.74, 6) is -0.259. The van der Waals surface area contributed by atoms with Gasteiger partial charge in [-0.2, -0.15) is 5.26 Å². The first-order valence-electron chi connectivity index (χ1n) is 10.2. The van der Waals surface area contributed by atoms with E-state index in [1.807, 2.05) is 24.3 Å². The summed E-state index contributed by atoms with van der Waals surface area (Å²) in [6.45, 7) is 0.967. The highest BCUT2D eigenvalue weighted by Crippen LogP contribution is 2.45. The van der Waals surface area contributed by atoms with Crippen LogP contribution in [0.25, 0.3) is 20.8 Å². The summed E-state index contributed by atoms with van der Waals surface area (Å²) < 4.78 is 5.97. The second-order valence-electron chi connectivity index (χ2n) is 7.48. The minimum Gasteiger partial charge on any atom is -0.453 e. The number of aromatic nitrogens is 1. The first-order valence-corrected chi connectivity index (χ1v) is 11.9. The number of nitrogens with zero attached hydrogens (tertiary/aromatic N) is 3. The van der Waals surface area contributed by atoms with E-state index in [4.69, 9.17) is 15.0 Å². The fraction of sp³-hybridized carbons (Fsp3) is 0.167. The van der Waals surface area contributed by atoms with Crippen LogP contribution in [0.2, 0.25) is 0 Å². The van der Waals surface area contributed by atoms with Crippen LogP contribution in [-0.2, 0) is 17.7 Å². The van der Waals surface area contributed by atoms with Crippen LogP contribution in [0.15, 0.2) is 48.5 Å². The smallest absolute Gasteiger partial charge is 0.409 e. The number of thiazole rings is 1. The molecule has 1 aliphatic heterocycles. The van der Waals surface area contributed by atoms with Gasteiger partial charge < -0.3 is 15.0 Å². The third kappa shape index (κ3) is 3.95. The molecule has 5 rings (SSSR count). The minimum absolute atomic E-state index is 0.259. The average molecular weight is 475 g/mol. The van der Waals surface area contributed by atoms with Gasteiger partial charge in [-0.3, -0.25) is 4.79 Å². The number of hydrogen-bond donors (Lipinski definition) is 1. The van der Waals surface area contributed by atoms with Gasteiger partial charge in [0.05, 0.1) is 35.5 Å². The van der Waals surface area contributed by atoms with Crippen molar-refractivity contribution in [1.29, 1.82) is 5.26 Å². The van der Waals surface area contributed by atoms with Crippen LogP contribution in [0.1, 0.15) is 26.4 Å². The van der Waals surface area contributed by atoms with Gasteiger partial charge in [0.2, 0.25) is 0 Å². The van der Waals surface area contributed by atoms with Gasteiger partial charge in [0.15, 0.2) is 0 Å². The number of para-hydroxylation sites is 1. The molecule has 2 aromatic heterocycles. The number of thiophene rings is 1. The van der Waals surface area contributed by atoms with Gasteiger partial charge in [-0.25, -0.2) is 9.78 Å². The highest BCUT2D eigenvalue weighted by Gasteiger charge is 2.30. The fourth-order valence-corrected chi connectivity index (χ4v) is 6.22. The Balaban J connectivity index is 1.56. The third-order valence-corrected chi connectivity index (χ3v) is 7.69. The lowest BCUT2D eigenvalue weighted by Crippen LogP contribution is -2.35. The number of benzene rings is 2. The molecule has 0 saturated carbocycles. The molecule has 0 atom stereocenters. The number of carbonyl (C=O) groups is 2. The van der Waals surface area contributed by atoms with Crippen molar-refractivity contribution in [2.75, 3.05) is 19.0 Å². The molecule has 0 saturated heterocycles. The maximum Gasteiger partial charge on any atom is 0.409 e. The first kappa shape index (κ1) is 21.1. The molecule has 0 radical (unpaired) electrons. The van der Waals surface area contributed by atoms with E-state index in [2.05, 4.69) is 11.4 Å². The van der Waals surface area contributed by atoms with Crippen LogP contribution in [-0.4, -0.2) is 35.5 Å². The van der Waals surface area contributed by atoms with Crippen molar-refractivity contribution in [3.05, 3.63) is 70.1 Å². The molecular weight excluding hydrogens is 456 g/mol. The molecule has 7 nitrogen and oxygen atoms in total. The van der Waals surface area contributed by atoms with E-state index in [9.17, 15) is 9.59 Å². The molecule has 3 heterocycles. The van der Waals surface area contributed by atoms with E-state index >= 15 is 0 Å². The molecule has 4 aromatic rings. The molecule has 2 amide bonds. The van der Waals surface area contributed by atoms with Crippen molar-refractivity contribution >= 4 is 49.9 Å². The molecule has 0 fully saturated rings. The number of nitrogens with one attached hydrogen (secondary N) is 1. The summed E-state index contributed by atoms with van der Waals surface area (Å²) in [4.78, 5) is 32.6. The van der Waals surface area contributed by atoms with Gasteiger partial charge in [0.1, 0.15) is 10.0 Å². The quantitative estimate of drug-likeness (QED) is 0.436. The van der Waals surface area contributed by atoms with E-state index in [0.29, 0.717) is 35.6 Å². The van der Waals surface area contributed by atoms with Gasteiger partial charge in [-0.15, -0.1) is 22.7 Å². The van der Waals surface area contributed by atoms with Crippen molar-refractivity contribution in [2.24, 2.45) is 0 Å². The Morgan fingerprint density at radius 1 is 1.15 bits per heavy atom. The van der Waals surface area contributed by atoms with Crippen molar-refractivity contribution in [3.63, 3.8) is 0 Å². The molecular formula is C24H18N4O3S2. The van der Waals surface area contributed by atoms with Gasteiger partial charge in [-0.1, -0.05) is 12.1 Å². The Hall–Kier alpha value is -3.74. The van der Waals surface area contributed by atoms with E-state index < -0.39 is 0 Å². The standard InChI is InChI=1S/C24H18N4O3S2/c1-31-24(30)28-11-10-16-19(13-28)33-23(27-21(29)15-8-6-14(12-25)7-9-15)20(16)22-26-17-4-2-3-5-18(17)32-22/h2-9H,10-11,13H2,1H3,(H,27,29). The number of hydrogen-bond acceptors (Lipinski definition) is 7. The van der Waals surface area contributed by atoms with Crippen LogP contribution in [0.5, 0.6) is 0 Å². The largest absolute Gasteiger partial charge is 0.453 e. The second kappa shape index (κ2) is 8.65. The molecule has 0 unspecified atom stereocenters. The lowest BCUT2D eigenvalue weighted by molar-refractivity contribution is 0.102. The minimum atomic E-state index is -0.362. The maximum absolute atomic E-state index is 13.0. The number of carbonyl (C=O) groups excluding carboxylic acids is 2. The molecule has 164 valence electrons. The summed E-state index contributed by atoms with van der Waals surface area (Å²) in [6.07, 6.45) is 0.289. The number of anilines is 1. The van der Waals surface area contributed by atoms with Gasteiger partial charge >= 0.3 is 6.09 Å². The summed E-state index contributed by atoms with van der Waals surface area (Å²) in [7, 11) is 1.38. The monoisotopic (exact) mass is 474 g/mol. The summed E-state index contributed by atoms with van der Waals surface area (Å²) in [5, 5.41) is 13.6. The van der Waals surface area contributed by atoms with Gasteiger partial charge in [0, 0.05) is 22.5 Å². The fourth-order valence-electron chi connectivity index (χ4n) is 3.85. The highest BCUT2D eigenvalue weighted by molar-refractivity contribution is 7.23. The zero-order valence-electron chi connectivity index (χ0n) is 17.6. The second-order valence-corrected chi connectivity index (χ2v) is 9.62. The summed E-state index contributed by atoms with van der Waals surface area (Å²) in [6, 6.07) is 16.5. The van der Waals surface area contributed by atoms with E-state index in [1.54, 1.807) is 40.5 Å². The van der Waals surface area contributed by atoms with Crippen molar-refractivity contribution in [1.82, 2.24) is 9.88 Å². The SMILES string of the molecule is COC(=O)N1CCc2c(sc(NC(=O)c3ccc(C#N)cc3)c2-c2nc3ccccc3s2)C1. The number of ether oxygens (including phenoxy) is 1. The Labute approximate surface area is 197 Å². The first-order chi connectivity index (χ1) is 16.1. The average Bonchev–Trinajstić information content (AvgIpc) is 3.43. The molecule has 1 aliphatic rings. The van der Waals surface area contributed by atoms with Crippen LogP contribution >= 0.6 is 22.7 Å². The van der Waals surface area contributed by atoms with Crippen LogP contribution in [0.4, 0.5) is 9.80 Å². The molecule has 0 aliphatic carbocycles. The van der Waals surface area contributed by atoms with E-state index in [-0.39, 0.29) is 12.0 Å². The Morgan fingerprint density at radius 3 is 2.67 bits per heavy atom. The maximum atomic E-state index is 13.0. The number of rotatable bonds is 3. The van der Waals surface area contributed by atoms with Crippen molar-refractivity contribution in [2.45, 2.75) is 13.0 Å². The van der Waals surface area contributed by atoms with E-state index in [1.165, 1.54) is 18.4 Å². The van der Waals surface area contributed by atoms with Crippen LogP contribution < -0.4 is 5.32 Å². The number of fused-ring (bicyclic) bond motifs is 2. The molecule has 0 spiro atoms. The summed E-state index contributed by atoms with van der Waals surface area (Å²) in [5.41, 5.74) is 3.90. The molecule has 9 heteroatoms. The van der Waals surface area contributed by atoms with Crippen molar-refractivity contribution < 1.29 is 14.3 Å². The van der Waals surface area contributed by atoms with E-state index in [0.717, 1.165) is 31.2 Å². The highest BCUT2D eigenvalue weighted by atomic mass is 32.1.